The molecule has 0 amide bonds. The maximum Gasteiger partial charge on any atom is 0.0492 e. The van der Waals surface area contributed by atoms with Crippen LogP contribution < -0.4 is 0 Å². The molecule has 0 saturated heterocycles. The molecule has 0 atom stereocenters. The summed E-state index contributed by atoms with van der Waals surface area (Å²) in [5, 5.41) is 4.27. The van der Waals surface area contributed by atoms with Crippen LogP contribution in [0.4, 0.5) is 0 Å². The molecule has 0 aliphatic heterocycles. The molecular formula is C10H18N2. The van der Waals surface area contributed by atoms with Gasteiger partial charge in [-0.05, 0) is 18.9 Å². The zero-order valence-corrected chi connectivity index (χ0v) is 8.25. The molecule has 1 heterocycles. The van der Waals surface area contributed by atoms with E-state index in [0.29, 0.717) is 0 Å². The Morgan fingerprint density at radius 1 is 1.42 bits per heavy atom. The second kappa shape index (κ2) is 4.29. The SMILES string of the molecule is CCC(CC)Cn1nccc1C. The summed E-state index contributed by atoms with van der Waals surface area (Å²) in [6.45, 7) is 7.67. The average Bonchev–Trinajstić information content (AvgIpc) is 2.47. The summed E-state index contributed by atoms with van der Waals surface area (Å²) in [6, 6.07) is 2.06. The Hall–Kier alpha value is -0.790. The summed E-state index contributed by atoms with van der Waals surface area (Å²) in [5.41, 5.74) is 1.27. The second-order valence-electron chi connectivity index (χ2n) is 3.34. The molecule has 0 N–H and O–H groups in total. The lowest BCUT2D eigenvalue weighted by atomic mass is 10.0. The molecule has 1 rings (SSSR count). The van der Waals surface area contributed by atoms with Crippen molar-refractivity contribution in [3.63, 3.8) is 0 Å². The number of hydrogen-bond acceptors (Lipinski definition) is 1. The first-order valence-corrected chi connectivity index (χ1v) is 4.76. The Morgan fingerprint density at radius 2 is 2.08 bits per heavy atom. The van der Waals surface area contributed by atoms with Gasteiger partial charge in [0, 0.05) is 18.4 Å². The monoisotopic (exact) mass is 166 g/mol. The van der Waals surface area contributed by atoms with Crippen molar-refractivity contribution in [1.29, 1.82) is 0 Å². The van der Waals surface area contributed by atoms with E-state index in [2.05, 4.69) is 36.6 Å². The Balaban J connectivity index is 2.56. The van der Waals surface area contributed by atoms with Gasteiger partial charge < -0.3 is 0 Å². The van der Waals surface area contributed by atoms with E-state index in [1.807, 2.05) is 6.20 Å². The van der Waals surface area contributed by atoms with Gasteiger partial charge >= 0.3 is 0 Å². The van der Waals surface area contributed by atoms with E-state index in [0.717, 1.165) is 12.5 Å². The largest absolute Gasteiger partial charge is 0.270 e. The Kier molecular flexibility index (Phi) is 3.32. The summed E-state index contributed by atoms with van der Waals surface area (Å²) in [5.74, 6) is 0.781. The first-order chi connectivity index (χ1) is 5.77. The van der Waals surface area contributed by atoms with Crippen LogP contribution in [0.5, 0.6) is 0 Å². The van der Waals surface area contributed by atoms with E-state index in [9.17, 15) is 0 Å². The fourth-order valence-electron chi connectivity index (χ4n) is 1.38. The van der Waals surface area contributed by atoms with Gasteiger partial charge in [0.25, 0.3) is 0 Å². The zero-order valence-electron chi connectivity index (χ0n) is 8.25. The van der Waals surface area contributed by atoms with Crippen LogP contribution in [-0.2, 0) is 6.54 Å². The van der Waals surface area contributed by atoms with Gasteiger partial charge in [-0.2, -0.15) is 5.10 Å². The summed E-state index contributed by atoms with van der Waals surface area (Å²) in [6.07, 6.45) is 4.36. The zero-order chi connectivity index (χ0) is 8.97. The van der Waals surface area contributed by atoms with Crippen LogP contribution in [0.2, 0.25) is 0 Å². The van der Waals surface area contributed by atoms with E-state index in [4.69, 9.17) is 0 Å². The number of nitrogens with zero attached hydrogens (tertiary/aromatic N) is 2. The van der Waals surface area contributed by atoms with Gasteiger partial charge in [0.15, 0.2) is 0 Å². The van der Waals surface area contributed by atoms with Gasteiger partial charge in [0.2, 0.25) is 0 Å². The lowest BCUT2D eigenvalue weighted by Crippen LogP contribution is -2.11. The highest BCUT2D eigenvalue weighted by Crippen LogP contribution is 2.11. The molecule has 12 heavy (non-hydrogen) atoms. The van der Waals surface area contributed by atoms with Crippen LogP contribution in [0.25, 0.3) is 0 Å². The quantitative estimate of drug-likeness (QED) is 0.672. The predicted octanol–water partition coefficient (Wildman–Crippen LogP) is 2.63. The molecule has 2 nitrogen and oxygen atoms in total. The minimum Gasteiger partial charge on any atom is -0.270 e. The van der Waals surface area contributed by atoms with E-state index in [1.165, 1.54) is 18.5 Å². The standard InChI is InChI=1S/C10H18N2/c1-4-10(5-2)8-12-9(3)6-7-11-12/h6-7,10H,4-5,8H2,1-3H3. The molecule has 0 spiro atoms. The Morgan fingerprint density at radius 3 is 2.50 bits per heavy atom. The van der Waals surface area contributed by atoms with Crippen LogP contribution in [-0.4, -0.2) is 9.78 Å². The van der Waals surface area contributed by atoms with Gasteiger partial charge in [-0.3, -0.25) is 4.68 Å². The van der Waals surface area contributed by atoms with Crippen LogP contribution in [0.15, 0.2) is 12.3 Å². The Bertz CT molecular complexity index is 223. The molecule has 0 aliphatic rings. The second-order valence-corrected chi connectivity index (χ2v) is 3.34. The van der Waals surface area contributed by atoms with Crippen molar-refractivity contribution >= 4 is 0 Å². The van der Waals surface area contributed by atoms with Crippen molar-refractivity contribution in [3.05, 3.63) is 18.0 Å². The maximum absolute atomic E-state index is 4.27. The lowest BCUT2D eigenvalue weighted by molar-refractivity contribution is 0.391. The van der Waals surface area contributed by atoms with Gasteiger partial charge in [-0.15, -0.1) is 0 Å². The highest BCUT2D eigenvalue weighted by molar-refractivity contribution is 4.96. The van der Waals surface area contributed by atoms with E-state index in [-0.39, 0.29) is 0 Å². The number of aromatic nitrogens is 2. The third-order valence-electron chi connectivity index (χ3n) is 2.51. The van der Waals surface area contributed by atoms with Crippen LogP contribution in [0.1, 0.15) is 32.4 Å². The topological polar surface area (TPSA) is 17.8 Å². The average molecular weight is 166 g/mol. The lowest BCUT2D eigenvalue weighted by Gasteiger charge is -2.13. The molecule has 1 aromatic heterocycles. The van der Waals surface area contributed by atoms with Gasteiger partial charge in [-0.25, -0.2) is 0 Å². The van der Waals surface area contributed by atoms with E-state index in [1.54, 1.807) is 0 Å². The van der Waals surface area contributed by atoms with Crippen LogP contribution in [0, 0.1) is 12.8 Å². The molecule has 0 saturated carbocycles. The molecule has 0 fully saturated rings. The molecule has 2 heteroatoms. The third kappa shape index (κ3) is 2.10. The number of rotatable bonds is 4. The molecule has 0 radical (unpaired) electrons. The van der Waals surface area contributed by atoms with Crippen molar-refractivity contribution in [2.75, 3.05) is 0 Å². The van der Waals surface area contributed by atoms with Crippen LogP contribution >= 0.6 is 0 Å². The van der Waals surface area contributed by atoms with E-state index >= 15 is 0 Å². The summed E-state index contributed by atoms with van der Waals surface area (Å²) >= 11 is 0. The molecule has 1 aromatic rings. The predicted molar refractivity (Wildman–Crippen MR) is 51.0 cm³/mol. The van der Waals surface area contributed by atoms with Crippen molar-refractivity contribution < 1.29 is 0 Å². The highest BCUT2D eigenvalue weighted by Gasteiger charge is 2.05. The van der Waals surface area contributed by atoms with Crippen molar-refractivity contribution in [1.82, 2.24) is 9.78 Å². The van der Waals surface area contributed by atoms with Gasteiger partial charge in [0.05, 0.1) is 0 Å². The van der Waals surface area contributed by atoms with Crippen molar-refractivity contribution in [2.24, 2.45) is 5.92 Å². The molecule has 0 aromatic carbocycles. The first kappa shape index (κ1) is 9.30. The Labute approximate surface area is 74.6 Å². The van der Waals surface area contributed by atoms with E-state index < -0.39 is 0 Å². The number of hydrogen-bond donors (Lipinski definition) is 0. The minimum atomic E-state index is 0.781. The summed E-state index contributed by atoms with van der Waals surface area (Å²) in [4.78, 5) is 0. The van der Waals surface area contributed by atoms with Gasteiger partial charge in [-0.1, -0.05) is 26.7 Å². The van der Waals surface area contributed by atoms with Crippen LogP contribution in [0.3, 0.4) is 0 Å². The molecule has 0 unspecified atom stereocenters. The molecule has 0 bridgehead atoms. The van der Waals surface area contributed by atoms with Gasteiger partial charge in [0.1, 0.15) is 0 Å². The smallest absolute Gasteiger partial charge is 0.0492 e. The molecule has 68 valence electrons. The fraction of sp³-hybridized carbons (Fsp3) is 0.700. The van der Waals surface area contributed by atoms with Crippen molar-refractivity contribution in [3.8, 4) is 0 Å². The normalized spacial score (nSPS) is 11.0. The number of aryl methyl sites for hydroxylation is 1. The molecular weight excluding hydrogens is 148 g/mol. The molecule has 0 aliphatic carbocycles. The first-order valence-electron chi connectivity index (χ1n) is 4.76. The summed E-state index contributed by atoms with van der Waals surface area (Å²) < 4.78 is 2.09. The third-order valence-corrected chi connectivity index (χ3v) is 2.51. The summed E-state index contributed by atoms with van der Waals surface area (Å²) in [7, 11) is 0. The highest BCUT2D eigenvalue weighted by atomic mass is 15.3. The maximum atomic E-state index is 4.27. The minimum absolute atomic E-state index is 0.781. The van der Waals surface area contributed by atoms with Crippen molar-refractivity contribution in [2.45, 2.75) is 40.2 Å². The fourth-order valence-corrected chi connectivity index (χ4v) is 1.38.